The molecule has 0 radical (unpaired) electrons. The summed E-state index contributed by atoms with van der Waals surface area (Å²) in [7, 11) is 0. The zero-order valence-electron chi connectivity index (χ0n) is 9.88. The Morgan fingerprint density at radius 2 is 2.44 bits per heavy atom. The molecule has 0 saturated carbocycles. The number of amides is 1. The fraction of sp³-hybridized carbons (Fsp3) is 0.818. The van der Waals surface area contributed by atoms with Crippen LogP contribution in [0.25, 0.3) is 0 Å². The van der Waals surface area contributed by atoms with E-state index in [2.05, 4.69) is 15.8 Å². The summed E-state index contributed by atoms with van der Waals surface area (Å²) in [6.45, 7) is 5.69. The van der Waals surface area contributed by atoms with Gasteiger partial charge in [0.2, 0.25) is 0 Å². The third kappa shape index (κ3) is 2.35. The first-order valence-corrected chi connectivity index (χ1v) is 5.88. The van der Waals surface area contributed by atoms with Gasteiger partial charge in [-0.2, -0.15) is 0 Å². The summed E-state index contributed by atoms with van der Waals surface area (Å²) < 4.78 is 0. The lowest BCUT2D eigenvalue weighted by atomic mass is 9.89. The van der Waals surface area contributed by atoms with Gasteiger partial charge in [-0.25, -0.2) is 0 Å². The third-order valence-corrected chi connectivity index (χ3v) is 2.95. The van der Waals surface area contributed by atoms with E-state index in [9.17, 15) is 4.79 Å². The van der Waals surface area contributed by atoms with E-state index in [-0.39, 0.29) is 17.6 Å². The number of nitrogens with zero attached hydrogens (tertiary/aromatic N) is 1. The van der Waals surface area contributed by atoms with E-state index in [1.54, 1.807) is 0 Å². The second-order valence-electron chi connectivity index (χ2n) is 4.90. The topological polar surface area (TPSA) is 62.7 Å². The van der Waals surface area contributed by atoms with Crippen molar-refractivity contribution >= 4 is 11.6 Å². The Hall–Kier alpha value is -1.10. The molecule has 1 amide bonds. The van der Waals surface area contributed by atoms with Gasteiger partial charge in [0.05, 0.1) is 0 Å². The van der Waals surface area contributed by atoms with Gasteiger partial charge < -0.3 is 15.5 Å². The summed E-state index contributed by atoms with van der Waals surface area (Å²) in [6, 6.07) is 0.135. The monoisotopic (exact) mass is 225 g/mol. The molecular weight excluding hydrogens is 206 g/mol. The van der Waals surface area contributed by atoms with E-state index >= 15 is 0 Å². The molecule has 5 heteroatoms. The molecule has 0 aromatic rings. The summed E-state index contributed by atoms with van der Waals surface area (Å²) in [5.41, 5.74) is 0.263. The van der Waals surface area contributed by atoms with Crippen molar-refractivity contribution in [2.45, 2.75) is 44.8 Å². The average Bonchev–Trinajstić information content (AvgIpc) is 2.62. The van der Waals surface area contributed by atoms with Gasteiger partial charge in [0, 0.05) is 19.0 Å². The molecule has 2 aliphatic rings. The van der Waals surface area contributed by atoms with Crippen molar-refractivity contribution in [2.75, 3.05) is 13.1 Å². The Morgan fingerprint density at radius 3 is 3.06 bits per heavy atom. The van der Waals surface area contributed by atoms with E-state index in [4.69, 9.17) is 4.84 Å². The van der Waals surface area contributed by atoms with Crippen LogP contribution in [0.5, 0.6) is 0 Å². The van der Waals surface area contributed by atoms with Gasteiger partial charge in [-0.15, -0.1) is 0 Å². The zero-order chi connectivity index (χ0) is 11.6. The lowest BCUT2D eigenvalue weighted by Gasteiger charge is -2.30. The first-order chi connectivity index (χ1) is 7.61. The number of carbonyl (C=O) groups is 1. The second-order valence-corrected chi connectivity index (χ2v) is 4.90. The molecule has 2 N–H and O–H groups in total. The molecule has 0 aromatic carbocycles. The molecule has 2 heterocycles. The first-order valence-electron chi connectivity index (χ1n) is 5.88. The lowest BCUT2D eigenvalue weighted by Crippen LogP contribution is -2.47. The van der Waals surface area contributed by atoms with E-state index in [1.807, 2.05) is 13.8 Å². The van der Waals surface area contributed by atoms with Crippen molar-refractivity contribution in [3.8, 4) is 0 Å². The van der Waals surface area contributed by atoms with Crippen LogP contribution in [0.4, 0.5) is 0 Å². The summed E-state index contributed by atoms with van der Waals surface area (Å²) in [6.07, 6.45) is 2.68. The van der Waals surface area contributed by atoms with Gasteiger partial charge in [-0.1, -0.05) is 5.16 Å². The van der Waals surface area contributed by atoms with Crippen LogP contribution in [0, 0.1) is 0 Å². The van der Waals surface area contributed by atoms with E-state index in [1.165, 1.54) is 0 Å². The van der Waals surface area contributed by atoms with Crippen molar-refractivity contribution in [3.63, 3.8) is 0 Å². The van der Waals surface area contributed by atoms with Gasteiger partial charge in [0.1, 0.15) is 5.71 Å². The Balaban J connectivity index is 1.93. The minimum absolute atomic E-state index is 0.0996. The molecule has 5 nitrogen and oxygen atoms in total. The van der Waals surface area contributed by atoms with Gasteiger partial charge in [0.25, 0.3) is 5.91 Å². The highest BCUT2D eigenvalue weighted by Crippen LogP contribution is 2.30. The molecule has 1 spiro atoms. The number of nitrogens with one attached hydrogen (secondary N) is 2. The van der Waals surface area contributed by atoms with Gasteiger partial charge in [-0.3, -0.25) is 4.79 Å². The Kier molecular flexibility index (Phi) is 3.14. The molecule has 16 heavy (non-hydrogen) atoms. The standard InChI is InChI=1S/C11H19N3O2/c1-8(2)13-10(15)9-6-11(16-14-9)4-3-5-12-7-11/h8,12H,3-7H2,1-2H3,(H,13,15). The zero-order valence-corrected chi connectivity index (χ0v) is 9.88. The van der Waals surface area contributed by atoms with Crippen molar-refractivity contribution in [1.82, 2.24) is 10.6 Å². The number of carbonyl (C=O) groups excluding carboxylic acids is 1. The summed E-state index contributed by atoms with van der Waals surface area (Å²) in [4.78, 5) is 17.2. The number of hydrogen-bond acceptors (Lipinski definition) is 4. The van der Waals surface area contributed by atoms with Crippen LogP contribution in [0.1, 0.15) is 33.1 Å². The maximum absolute atomic E-state index is 11.7. The van der Waals surface area contributed by atoms with Crippen molar-refractivity contribution in [2.24, 2.45) is 5.16 Å². The molecule has 2 aliphatic heterocycles. The van der Waals surface area contributed by atoms with Crippen LogP contribution in [-0.4, -0.2) is 36.4 Å². The summed E-state index contributed by atoms with van der Waals surface area (Å²) in [5, 5.41) is 10.1. The second kappa shape index (κ2) is 4.41. The molecule has 0 bridgehead atoms. The Bertz CT molecular complexity index is 306. The maximum atomic E-state index is 11.7. The largest absolute Gasteiger partial charge is 0.387 e. The van der Waals surface area contributed by atoms with E-state index in [0.29, 0.717) is 12.1 Å². The molecule has 0 aliphatic carbocycles. The van der Waals surface area contributed by atoms with Crippen LogP contribution >= 0.6 is 0 Å². The molecule has 1 saturated heterocycles. The highest BCUT2D eigenvalue weighted by atomic mass is 16.7. The predicted molar refractivity (Wildman–Crippen MR) is 61.3 cm³/mol. The Labute approximate surface area is 95.6 Å². The van der Waals surface area contributed by atoms with Crippen molar-refractivity contribution < 1.29 is 9.63 Å². The van der Waals surface area contributed by atoms with Crippen LogP contribution in [0.2, 0.25) is 0 Å². The van der Waals surface area contributed by atoms with Crippen LogP contribution in [-0.2, 0) is 9.63 Å². The number of oxime groups is 1. The van der Waals surface area contributed by atoms with Crippen molar-refractivity contribution in [1.29, 1.82) is 0 Å². The van der Waals surface area contributed by atoms with Gasteiger partial charge in [-0.05, 0) is 33.2 Å². The summed E-state index contributed by atoms with van der Waals surface area (Å²) in [5.74, 6) is -0.0996. The number of hydrogen-bond donors (Lipinski definition) is 2. The Morgan fingerprint density at radius 1 is 1.62 bits per heavy atom. The first kappa shape index (κ1) is 11.4. The fourth-order valence-corrected chi connectivity index (χ4v) is 2.16. The van der Waals surface area contributed by atoms with Crippen LogP contribution in [0.15, 0.2) is 5.16 Å². The number of piperidine rings is 1. The minimum atomic E-state index is -0.262. The van der Waals surface area contributed by atoms with Crippen LogP contribution < -0.4 is 10.6 Å². The summed E-state index contributed by atoms with van der Waals surface area (Å²) >= 11 is 0. The molecule has 1 fully saturated rings. The minimum Gasteiger partial charge on any atom is -0.387 e. The predicted octanol–water partition coefficient (Wildman–Crippen LogP) is 0.409. The average molecular weight is 225 g/mol. The molecule has 90 valence electrons. The molecular formula is C11H19N3O2. The highest BCUT2D eigenvalue weighted by Gasteiger charge is 2.42. The van der Waals surface area contributed by atoms with Gasteiger partial charge in [0.15, 0.2) is 5.60 Å². The normalized spacial score (nSPS) is 29.1. The van der Waals surface area contributed by atoms with Crippen molar-refractivity contribution in [3.05, 3.63) is 0 Å². The number of rotatable bonds is 2. The van der Waals surface area contributed by atoms with E-state index < -0.39 is 0 Å². The smallest absolute Gasteiger partial charge is 0.269 e. The SMILES string of the molecule is CC(C)NC(=O)C1=NOC2(CCCNC2)C1. The molecule has 0 aromatic heterocycles. The molecule has 1 atom stereocenters. The van der Waals surface area contributed by atoms with Gasteiger partial charge >= 0.3 is 0 Å². The molecule has 1 unspecified atom stereocenters. The highest BCUT2D eigenvalue weighted by molar-refractivity contribution is 6.39. The lowest BCUT2D eigenvalue weighted by molar-refractivity contribution is -0.115. The van der Waals surface area contributed by atoms with E-state index in [0.717, 1.165) is 25.9 Å². The third-order valence-electron chi connectivity index (χ3n) is 2.95. The van der Waals surface area contributed by atoms with Crippen LogP contribution in [0.3, 0.4) is 0 Å². The fourth-order valence-electron chi connectivity index (χ4n) is 2.16. The maximum Gasteiger partial charge on any atom is 0.269 e. The quantitative estimate of drug-likeness (QED) is 0.715. The molecule has 2 rings (SSSR count).